The fourth-order valence-corrected chi connectivity index (χ4v) is 0.749. The molecule has 0 bridgehead atoms. The van der Waals surface area contributed by atoms with E-state index in [4.69, 9.17) is 18.8 Å². The Morgan fingerprint density at radius 3 is 2.75 bits per heavy atom. The Morgan fingerprint density at radius 1 is 1.67 bits per heavy atom. The minimum atomic E-state index is -3.34. The first-order valence-electron chi connectivity index (χ1n) is 8.44. The second kappa shape index (κ2) is 5.14. The highest BCUT2D eigenvalue weighted by atomic mass is 16.4. The predicted octanol–water partition coefficient (Wildman–Crippen LogP) is 1.48. The van der Waals surface area contributed by atoms with Gasteiger partial charge in [0.15, 0.2) is 0 Å². The molecule has 1 unspecified atom stereocenters. The van der Waals surface area contributed by atoms with Crippen LogP contribution in [0.2, 0.25) is 0 Å². The zero-order valence-corrected chi connectivity index (χ0v) is 6.72. The molecule has 0 saturated carbocycles. The van der Waals surface area contributed by atoms with E-state index in [0.717, 1.165) is 0 Å². The van der Waals surface area contributed by atoms with Crippen molar-refractivity contribution in [2.24, 2.45) is 5.92 Å². The smallest absolute Gasteiger partial charge is 0.320 e. The highest BCUT2D eigenvalue weighted by Gasteiger charge is 2.18. The van der Waals surface area contributed by atoms with E-state index in [1.807, 2.05) is 0 Å². The first-order valence-corrected chi connectivity index (χ1v) is 3.44. The van der Waals surface area contributed by atoms with Crippen LogP contribution in [-0.4, -0.2) is 23.1 Å². The van der Waals surface area contributed by atoms with Gasteiger partial charge in [0.25, 0.3) is 0 Å². The van der Waals surface area contributed by atoms with E-state index >= 15 is 0 Å². The van der Waals surface area contributed by atoms with Gasteiger partial charge in [-0.25, -0.2) is 0 Å². The largest absolute Gasteiger partial charge is 0.480 e. The van der Waals surface area contributed by atoms with Gasteiger partial charge in [0, 0.05) is 19.7 Å². The lowest BCUT2D eigenvalue weighted by atomic mass is 10.0. The quantitative estimate of drug-likeness (QED) is 0.679. The van der Waals surface area contributed by atoms with Crippen LogP contribution in [0.15, 0.2) is 0 Å². The van der Waals surface area contributed by atoms with Crippen LogP contribution in [0.3, 0.4) is 0 Å². The van der Waals surface area contributed by atoms with Gasteiger partial charge in [0.05, 0.1) is 0 Å². The number of hydrogen-bond acceptors (Lipinski definition) is 2. The van der Waals surface area contributed by atoms with Gasteiger partial charge in [-0.2, -0.15) is 0 Å². The average molecular weight is 183 g/mol. The Morgan fingerprint density at radius 2 is 2.33 bits per heavy atom. The standard InChI is InChI=1S/C9H19NO2/c1-6(2)5-8(9(11)12)10-7(3)4/h6-8,10H,5H2,1-4H3,(H,11,12)/t8-/m0/s1/i1D3,3D3,4D3,7D/t6?,8-. The average Bonchev–Trinajstić information content (AvgIpc) is 2.22. The molecule has 0 aromatic heterocycles. The molecule has 0 aliphatic carbocycles. The zero-order valence-electron chi connectivity index (χ0n) is 16.7. The van der Waals surface area contributed by atoms with Crippen molar-refractivity contribution in [3.8, 4) is 0 Å². The maximum absolute atomic E-state index is 11.2. The van der Waals surface area contributed by atoms with Crippen molar-refractivity contribution in [3.05, 3.63) is 0 Å². The second-order valence-electron chi connectivity index (χ2n) is 2.55. The van der Waals surface area contributed by atoms with E-state index in [9.17, 15) is 4.79 Å². The lowest BCUT2D eigenvalue weighted by molar-refractivity contribution is -0.140. The Bertz CT molecular complexity index is 385. The van der Waals surface area contributed by atoms with Gasteiger partial charge in [-0.15, -0.1) is 0 Å². The summed E-state index contributed by atoms with van der Waals surface area (Å²) in [5.41, 5.74) is 0. The molecule has 2 atom stereocenters. The van der Waals surface area contributed by atoms with Crippen LogP contribution in [0.4, 0.5) is 0 Å². The van der Waals surface area contributed by atoms with Gasteiger partial charge in [-0.05, 0) is 12.3 Å². The molecule has 0 amide bonds. The highest BCUT2D eigenvalue weighted by molar-refractivity contribution is 5.73. The van der Waals surface area contributed by atoms with Crippen LogP contribution >= 0.6 is 0 Å². The zero-order chi connectivity index (χ0) is 18.1. The van der Waals surface area contributed by atoms with E-state index < -0.39 is 50.9 Å². The van der Waals surface area contributed by atoms with Crippen molar-refractivity contribution in [1.29, 1.82) is 0 Å². The van der Waals surface area contributed by atoms with E-state index in [0.29, 0.717) is 0 Å². The molecule has 0 aromatic carbocycles. The molecule has 12 heavy (non-hydrogen) atoms. The summed E-state index contributed by atoms with van der Waals surface area (Å²) in [4.78, 5) is 11.2. The molecule has 0 aromatic rings. The minimum absolute atomic E-state index is 0.543. The number of aliphatic carboxylic acids is 1. The number of rotatable bonds is 5. The van der Waals surface area contributed by atoms with Crippen molar-refractivity contribution in [2.45, 2.75) is 46.0 Å². The Hall–Kier alpha value is -0.570. The van der Waals surface area contributed by atoms with E-state index in [1.165, 1.54) is 6.92 Å². The molecular weight excluding hydrogens is 154 g/mol. The van der Waals surface area contributed by atoms with Gasteiger partial charge >= 0.3 is 5.97 Å². The lowest BCUT2D eigenvalue weighted by Crippen LogP contribution is -2.41. The summed E-state index contributed by atoms with van der Waals surface area (Å²) in [5, 5.41) is 10.9. The molecule has 0 spiro atoms. The Balaban J connectivity index is 5.51. The fourth-order valence-electron chi connectivity index (χ4n) is 0.749. The van der Waals surface area contributed by atoms with Gasteiger partial charge in [0.2, 0.25) is 0 Å². The third kappa shape index (κ3) is 5.13. The predicted molar refractivity (Wildman–Crippen MR) is 49.2 cm³/mol. The summed E-state index contributed by atoms with van der Waals surface area (Å²) in [7, 11) is 0. The molecule has 0 rings (SSSR count). The maximum atomic E-state index is 11.2. The fraction of sp³-hybridized carbons (Fsp3) is 0.889. The second-order valence-corrected chi connectivity index (χ2v) is 2.55. The van der Waals surface area contributed by atoms with Gasteiger partial charge in [-0.1, -0.05) is 27.5 Å². The molecule has 0 saturated heterocycles. The first-order chi connectivity index (χ1) is 9.43. The van der Waals surface area contributed by atoms with Crippen LogP contribution in [0.5, 0.6) is 0 Å². The molecule has 72 valence electrons. The van der Waals surface area contributed by atoms with Crippen LogP contribution in [0.1, 0.15) is 47.6 Å². The van der Waals surface area contributed by atoms with Gasteiger partial charge < -0.3 is 10.4 Å². The summed E-state index contributed by atoms with van der Waals surface area (Å²) in [5.74, 6) is -2.75. The summed E-state index contributed by atoms with van der Waals surface area (Å²) >= 11 is 0. The van der Waals surface area contributed by atoms with Gasteiger partial charge in [-0.3, -0.25) is 4.79 Å². The van der Waals surface area contributed by atoms with Crippen LogP contribution in [0.25, 0.3) is 0 Å². The van der Waals surface area contributed by atoms with E-state index in [2.05, 4.69) is 0 Å². The number of carboxylic acid groups (broad SMARTS) is 1. The molecule has 2 N–H and O–H groups in total. The third-order valence-electron chi connectivity index (χ3n) is 1.21. The lowest BCUT2D eigenvalue weighted by Gasteiger charge is -2.18. The Labute approximate surface area is 88.2 Å². The molecule has 0 aliphatic rings. The van der Waals surface area contributed by atoms with Crippen molar-refractivity contribution in [1.82, 2.24) is 5.32 Å². The summed E-state index contributed by atoms with van der Waals surface area (Å²) in [6.07, 6.45) is -0.543. The Kier molecular flexibility index (Phi) is 1.28. The first kappa shape index (κ1) is 2.98. The van der Waals surface area contributed by atoms with Crippen LogP contribution < -0.4 is 5.32 Å². The molecule has 3 nitrogen and oxygen atoms in total. The van der Waals surface area contributed by atoms with E-state index in [-0.39, 0.29) is 0 Å². The van der Waals surface area contributed by atoms with Crippen molar-refractivity contribution in [2.75, 3.05) is 0 Å². The van der Waals surface area contributed by atoms with Crippen LogP contribution in [-0.2, 0) is 4.79 Å². The third-order valence-corrected chi connectivity index (χ3v) is 1.21. The van der Waals surface area contributed by atoms with Crippen molar-refractivity contribution < 1.29 is 23.6 Å². The van der Waals surface area contributed by atoms with Crippen LogP contribution in [0, 0.1) is 5.92 Å². The van der Waals surface area contributed by atoms with E-state index in [1.54, 1.807) is 5.32 Å². The normalized spacial score (nSPS) is 32.4. The maximum Gasteiger partial charge on any atom is 0.320 e. The summed E-state index contributed by atoms with van der Waals surface area (Å²) in [6, 6.07) is -5.02. The van der Waals surface area contributed by atoms with Crippen molar-refractivity contribution in [3.63, 3.8) is 0 Å². The number of carboxylic acids is 1. The monoisotopic (exact) mass is 183 g/mol. The molecule has 0 radical (unpaired) electrons. The SMILES string of the molecule is [2H]C([2H])([2H])C(C)C[C@H](NC([2H])(C([2H])([2H])[2H])C([2H])([2H])[2H])C(=O)O. The number of carbonyl (C=O) groups is 1. The summed E-state index contributed by atoms with van der Waals surface area (Å²) < 4.78 is 72.5. The number of nitrogens with one attached hydrogen (secondary N) is 1. The molecule has 0 fully saturated rings. The van der Waals surface area contributed by atoms with Crippen molar-refractivity contribution >= 4 is 5.97 Å². The minimum Gasteiger partial charge on any atom is -0.480 e. The topological polar surface area (TPSA) is 49.3 Å². The summed E-state index contributed by atoms with van der Waals surface area (Å²) in [6.45, 7) is -7.93. The molecular formula is C9H19NO2. The molecule has 0 heterocycles. The van der Waals surface area contributed by atoms with Gasteiger partial charge in [0.1, 0.15) is 6.04 Å². The molecule has 3 heteroatoms. The highest BCUT2D eigenvalue weighted by Crippen LogP contribution is 2.05. The number of hydrogen-bond donors (Lipinski definition) is 2. The molecule has 0 aliphatic heterocycles.